The molecule has 0 saturated heterocycles. The van der Waals surface area contributed by atoms with E-state index >= 15 is 0 Å². The maximum absolute atomic E-state index is 4.48. The van der Waals surface area contributed by atoms with Crippen LogP contribution in [0.25, 0.3) is 0 Å². The van der Waals surface area contributed by atoms with Gasteiger partial charge in [0, 0.05) is 18.7 Å². The molecule has 0 saturated carbocycles. The van der Waals surface area contributed by atoms with Gasteiger partial charge in [0.2, 0.25) is 0 Å². The predicted octanol–water partition coefficient (Wildman–Crippen LogP) is 3.35. The lowest BCUT2D eigenvalue weighted by Crippen LogP contribution is -2.14. The molecule has 0 aromatic heterocycles. The van der Waals surface area contributed by atoms with Crippen LogP contribution in [0.1, 0.15) is 40.0 Å². The molecule has 70 valence electrons. The molecule has 0 radical (unpaired) electrons. The largest absolute Gasteiger partial charge is 0.282 e. The average Bonchev–Trinajstić information content (AvgIpc) is 2.38. The van der Waals surface area contributed by atoms with Gasteiger partial charge in [-0.1, -0.05) is 27.2 Å². The second kappa shape index (κ2) is 4.31. The maximum Gasteiger partial charge on any atom is 0.0682 e. The molecular weight excluding hydrogens is 166 g/mol. The normalized spacial score (nSPS) is 18.1. The summed E-state index contributed by atoms with van der Waals surface area (Å²) in [6.07, 6.45) is 3.78. The molecule has 0 aromatic carbocycles. The summed E-state index contributed by atoms with van der Waals surface area (Å²) in [6, 6.07) is 0. The number of thioether (sulfide) groups is 1. The molecule has 0 unspecified atom stereocenters. The van der Waals surface area contributed by atoms with Gasteiger partial charge in [0.05, 0.1) is 5.04 Å². The summed E-state index contributed by atoms with van der Waals surface area (Å²) < 4.78 is 0. The summed E-state index contributed by atoms with van der Waals surface area (Å²) in [7, 11) is 0. The Morgan fingerprint density at radius 3 is 2.75 bits per heavy atom. The highest BCUT2D eigenvalue weighted by molar-refractivity contribution is 8.14. The minimum Gasteiger partial charge on any atom is -0.282 e. The summed E-state index contributed by atoms with van der Waals surface area (Å²) >= 11 is 1.95. The van der Waals surface area contributed by atoms with E-state index in [0.29, 0.717) is 5.41 Å². The number of hydrogen-bond acceptors (Lipinski definition) is 2. The topological polar surface area (TPSA) is 12.4 Å². The van der Waals surface area contributed by atoms with Crippen LogP contribution in [0.4, 0.5) is 0 Å². The highest BCUT2D eigenvalue weighted by Gasteiger charge is 2.21. The number of aliphatic imine (C=N–C) groups is 1. The summed E-state index contributed by atoms with van der Waals surface area (Å²) in [4.78, 5) is 4.48. The fourth-order valence-corrected chi connectivity index (χ4v) is 2.75. The van der Waals surface area contributed by atoms with Gasteiger partial charge < -0.3 is 0 Å². The van der Waals surface area contributed by atoms with Crippen molar-refractivity contribution in [2.24, 2.45) is 10.4 Å². The van der Waals surface area contributed by atoms with Gasteiger partial charge in [-0.2, -0.15) is 0 Å². The first-order valence-corrected chi connectivity index (χ1v) is 5.79. The van der Waals surface area contributed by atoms with Crippen LogP contribution in [-0.2, 0) is 0 Å². The van der Waals surface area contributed by atoms with Crippen molar-refractivity contribution in [1.29, 1.82) is 0 Å². The van der Waals surface area contributed by atoms with E-state index in [1.165, 1.54) is 30.1 Å². The molecule has 0 fully saturated rings. The van der Waals surface area contributed by atoms with Gasteiger partial charge in [0.1, 0.15) is 0 Å². The Labute approximate surface area is 80.0 Å². The third-order valence-electron chi connectivity index (χ3n) is 2.20. The van der Waals surface area contributed by atoms with Crippen molar-refractivity contribution in [2.45, 2.75) is 40.0 Å². The summed E-state index contributed by atoms with van der Waals surface area (Å²) in [5.74, 6) is 1.21. The molecule has 12 heavy (non-hydrogen) atoms. The van der Waals surface area contributed by atoms with E-state index in [4.69, 9.17) is 0 Å². The lowest BCUT2D eigenvalue weighted by Gasteiger charge is -2.23. The van der Waals surface area contributed by atoms with Gasteiger partial charge in [0.25, 0.3) is 0 Å². The Balaban J connectivity index is 2.37. The van der Waals surface area contributed by atoms with Crippen LogP contribution >= 0.6 is 11.8 Å². The summed E-state index contributed by atoms with van der Waals surface area (Å²) in [6.45, 7) is 7.99. The van der Waals surface area contributed by atoms with Crippen molar-refractivity contribution in [3.63, 3.8) is 0 Å². The Kier molecular flexibility index (Phi) is 3.63. The van der Waals surface area contributed by atoms with Gasteiger partial charge in [0.15, 0.2) is 0 Å². The molecule has 1 heterocycles. The van der Waals surface area contributed by atoms with E-state index in [2.05, 4.69) is 25.8 Å². The molecule has 1 aliphatic heterocycles. The lowest BCUT2D eigenvalue weighted by molar-refractivity contribution is 0.348. The van der Waals surface area contributed by atoms with Crippen LogP contribution in [0.5, 0.6) is 0 Å². The molecule has 0 atom stereocenters. The van der Waals surface area contributed by atoms with Crippen LogP contribution in [0, 0.1) is 5.41 Å². The molecule has 0 aliphatic carbocycles. The standard InChI is InChI=1S/C10H19NS/c1-4-5-10(2,3)8-9-11-6-7-12-9/h4-8H2,1-3H3. The molecule has 1 aliphatic rings. The van der Waals surface area contributed by atoms with Crippen LogP contribution in [-0.4, -0.2) is 17.3 Å². The lowest BCUT2D eigenvalue weighted by atomic mass is 9.85. The molecule has 0 amide bonds. The molecule has 0 N–H and O–H groups in total. The van der Waals surface area contributed by atoms with E-state index in [9.17, 15) is 0 Å². The third-order valence-corrected chi connectivity index (χ3v) is 3.20. The second-order valence-corrected chi connectivity index (χ2v) is 5.38. The van der Waals surface area contributed by atoms with Gasteiger partial charge >= 0.3 is 0 Å². The zero-order valence-corrected chi connectivity index (χ0v) is 9.21. The monoisotopic (exact) mass is 185 g/mol. The minimum atomic E-state index is 0.463. The number of hydrogen-bond donors (Lipinski definition) is 0. The Hall–Kier alpha value is 0.0200. The number of rotatable bonds is 4. The molecule has 0 aromatic rings. The van der Waals surface area contributed by atoms with Gasteiger partial charge in [-0.3, -0.25) is 4.99 Å². The fraction of sp³-hybridized carbons (Fsp3) is 0.900. The second-order valence-electron chi connectivity index (χ2n) is 4.21. The summed E-state index contributed by atoms with van der Waals surface area (Å²) in [5, 5.41) is 1.38. The quantitative estimate of drug-likeness (QED) is 0.654. The van der Waals surface area contributed by atoms with Crippen LogP contribution < -0.4 is 0 Å². The van der Waals surface area contributed by atoms with Crippen molar-refractivity contribution >= 4 is 16.8 Å². The Morgan fingerprint density at radius 2 is 2.25 bits per heavy atom. The average molecular weight is 185 g/mol. The minimum absolute atomic E-state index is 0.463. The van der Waals surface area contributed by atoms with E-state index in [1.807, 2.05) is 11.8 Å². The number of nitrogens with zero attached hydrogens (tertiary/aromatic N) is 1. The van der Waals surface area contributed by atoms with Crippen molar-refractivity contribution in [1.82, 2.24) is 0 Å². The van der Waals surface area contributed by atoms with Crippen molar-refractivity contribution in [3.05, 3.63) is 0 Å². The summed E-state index contributed by atoms with van der Waals surface area (Å²) in [5.41, 5.74) is 0.463. The predicted molar refractivity (Wildman–Crippen MR) is 58.1 cm³/mol. The van der Waals surface area contributed by atoms with Crippen molar-refractivity contribution < 1.29 is 0 Å². The zero-order chi connectivity index (χ0) is 9.03. The van der Waals surface area contributed by atoms with Crippen LogP contribution in [0.2, 0.25) is 0 Å². The molecule has 2 heteroatoms. The first-order chi connectivity index (χ1) is 5.64. The fourth-order valence-electron chi connectivity index (χ4n) is 1.66. The first-order valence-electron chi connectivity index (χ1n) is 4.80. The van der Waals surface area contributed by atoms with E-state index in [0.717, 1.165) is 6.54 Å². The molecular formula is C10H19NS. The van der Waals surface area contributed by atoms with Crippen molar-refractivity contribution in [2.75, 3.05) is 12.3 Å². The van der Waals surface area contributed by atoms with Gasteiger partial charge in [-0.05, 0) is 11.8 Å². The van der Waals surface area contributed by atoms with Crippen LogP contribution in [0.15, 0.2) is 4.99 Å². The molecule has 0 spiro atoms. The van der Waals surface area contributed by atoms with Crippen LogP contribution in [0.3, 0.4) is 0 Å². The highest BCUT2D eigenvalue weighted by atomic mass is 32.2. The Bertz CT molecular complexity index is 173. The van der Waals surface area contributed by atoms with Gasteiger partial charge in [-0.25, -0.2) is 0 Å². The maximum atomic E-state index is 4.48. The van der Waals surface area contributed by atoms with E-state index in [-0.39, 0.29) is 0 Å². The molecule has 1 nitrogen and oxygen atoms in total. The van der Waals surface area contributed by atoms with Gasteiger partial charge in [-0.15, -0.1) is 11.8 Å². The molecule has 0 bridgehead atoms. The highest BCUT2D eigenvalue weighted by Crippen LogP contribution is 2.31. The van der Waals surface area contributed by atoms with Crippen molar-refractivity contribution in [3.8, 4) is 0 Å². The van der Waals surface area contributed by atoms with E-state index < -0.39 is 0 Å². The molecule has 1 rings (SSSR count). The third kappa shape index (κ3) is 3.18. The van der Waals surface area contributed by atoms with E-state index in [1.54, 1.807) is 0 Å². The Morgan fingerprint density at radius 1 is 1.50 bits per heavy atom. The first kappa shape index (κ1) is 10.1. The smallest absolute Gasteiger partial charge is 0.0682 e. The SMILES string of the molecule is CCCC(C)(C)CC1=NCCS1. The zero-order valence-electron chi connectivity index (χ0n) is 8.39.